The lowest BCUT2D eigenvalue weighted by Crippen LogP contribution is -2.46. The summed E-state index contributed by atoms with van der Waals surface area (Å²) in [7, 11) is 0. The van der Waals surface area contributed by atoms with Gasteiger partial charge in [0, 0.05) is 56.7 Å². The number of hydrogen-bond donors (Lipinski definition) is 0. The highest BCUT2D eigenvalue weighted by Crippen LogP contribution is 2.20. The van der Waals surface area contributed by atoms with Gasteiger partial charge in [-0.05, 0) is 25.0 Å². The largest absolute Gasteiger partial charge is 0.354 e. The first-order valence-corrected chi connectivity index (χ1v) is 9.46. The van der Waals surface area contributed by atoms with Crippen LogP contribution < -0.4 is 4.90 Å². The number of piperazine rings is 1. The number of nitrogens with zero attached hydrogens (tertiary/aromatic N) is 6. The van der Waals surface area contributed by atoms with Crippen LogP contribution >= 0.6 is 0 Å². The van der Waals surface area contributed by atoms with Crippen molar-refractivity contribution >= 4 is 11.5 Å². The molecule has 0 N–H and O–H groups in total. The van der Waals surface area contributed by atoms with E-state index in [2.05, 4.69) is 45.9 Å². The van der Waals surface area contributed by atoms with Gasteiger partial charge >= 0.3 is 0 Å². The van der Waals surface area contributed by atoms with E-state index in [1.807, 2.05) is 29.0 Å². The van der Waals surface area contributed by atoms with Gasteiger partial charge in [0.2, 0.25) is 0 Å². The van der Waals surface area contributed by atoms with E-state index in [4.69, 9.17) is 4.98 Å². The molecule has 3 aromatic heterocycles. The average Bonchev–Trinajstić information content (AvgIpc) is 3.12. The summed E-state index contributed by atoms with van der Waals surface area (Å²) in [6, 6.07) is 8.34. The quantitative estimate of drug-likeness (QED) is 0.708. The molecule has 6 nitrogen and oxygen atoms in total. The smallest absolute Gasteiger partial charge is 0.157 e. The van der Waals surface area contributed by atoms with E-state index in [0.29, 0.717) is 0 Å². The summed E-state index contributed by atoms with van der Waals surface area (Å²) in [5.41, 5.74) is 4.55. The van der Waals surface area contributed by atoms with Crippen LogP contribution in [0.3, 0.4) is 0 Å². The maximum atomic E-state index is 4.72. The molecule has 4 rings (SSSR count). The molecule has 6 heteroatoms. The molecule has 1 aliphatic heterocycles. The van der Waals surface area contributed by atoms with Crippen LogP contribution in [0.2, 0.25) is 0 Å². The van der Waals surface area contributed by atoms with Gasteiger partial charge in [-0.3, -0.25) is 9.88 Å². The molecule has 0 radical (unpaired) electrons. The van der Waals surface area contributed by atoms with Crippen LogP contribution in [-0.4, -0.2) is 50.7 Å². The minimum atomic E-state index is 0.926. The summed E-state index contributed by atoms with van der Waals surface area (Å²) in [4.78, 5) is 14.2. The topological polar surface area (TPSA) is 49.6 Å². The molecule has 0 amide bonds. The number of aryl methyl sites for hydroxylation is 2. The number of hydrogen-bond acceptors (Lipinski definition) is 5. The van der Waals surface area contributed by atoms with Crippen molar-refractivity contribution < 1.29 is 0 Å². The SMILES string of the molecule is CCCc1cc(N2CCN(Cc3ncccc3C)CC2)n2nccc2n1. The highest BCUT2D eigenvalue weighted by Gasteiger charge is 2.21. The Morgan fingerprint density at radius 2 is 1.92 bits per heavy atom. The zero-order chi connectivity index (χ0) is 17.9. The molecule has 1 saturated heterocycles. The second kappa shape index (κ2) is 7.41. The van der Waals surface area contributed by atoms with Crippen molar-refractivity contribution in [3.63, 3.8) is 0 Å². The summed E-state index contributed by atoms with van der Waals surface area (Å²) in [6.07, 6.45) is 5.84. The summed E-state index contributed by atoms with van der Waals surface area (Å²) in [5, 5.41) is 4.48. The van der Waals surface area contributed by atoms with E-state index in [0.717, 1.165) is 62.7 Å². The van der Waals surface area contributed by atoms with Crippen molar-refractivity contribution in [1.29, 1.82) is 0 Å². The fraction of sp³-hybridized carbons (Fsp3) is 0.450. The zero-order valence-electron chi connectivity index (χ0n) is 15.6. The van der Waals surface area contributed by atoms with Gasteiger partial charge in [0.15, 0.2) is 5.65 Å². The van der Waals surface area contributed by atoms with Crippen molar-refractivity contribution in [2.24, 2.45) is 0 Å². The van der Waals surface area contributed by atoms with Gasteiger partial charge in [0.1, 0.15) is 5.82 Å². The van der Waals surface area contributed by atoms with Crippen LogP contribution in [0.5, 0.6) is 0 Å². The van der Waals surface area contributed by atoms with Crippen LogP contribution in [0, 0.1) is 6.92 Å². The number of rotatable bonds is 5. The molecule has 1 aliphatic rings. The molecule has 0 unspecified atom stereocenters. The molecule has 0 aromatic carbocycles. The lowest BCUT2D eigenvalue weighted by atomic mass is 10.2. The van der Waals surface area contributed by atoms with E-state index in [1.165, 1.54) is 11.3 Å². The highest BCUT2D eigenvalue weighted by atomic mass is 15.4. The molecule has 136 valence electrons. The molecule has 1 fully saturated rings. The van der Waals surface area contributed by atoms with Gasteiger partial charge in [0.05, 0.1) is 11.9 Å². The van der Waals surface area contributed by atoms with Crippen LogP contribution in [0.4, 0.5) is 5.82 Å². The normalized spacial score (nSPS) is 15.7. The van der Waals surface area contributed by atoms with Crippen LogP contribution in [0.1, 0.15) is 30.3 Å². The first-order chi connectivity index (χ1) is 12.7. The first kappa shape index (κ1) is 17.0. The third-order valence-electron chi connectivity index (χ3n) is 5.09. The lowest BCUT2D eigenvalue weighted by Gasteiger charge is -2.36. The second-order valence-electron chi connectivity index (χ2n) is 6.99. The van der Waals surface area contributed by atoms with E-state index in [1.54, 1.807) is 0 Å². The summed E-state index contributed by atoms with van der Waals surface area (Å²) in [5.74, 6) is 1.16. The summed E-state index contributed by atoms with van der Waals surface area (Å²) < 4.78 is 1.97. The monoisotopic (exact) mass is 350 g/mol. The average molecular weight is 350 g/mol. The van der Waals surface area contributed by atoms with E-state index in [-0.39, 0.29) is 0 Å². The van der Waals surface area contributed by atoms with Crippen LogP contribution in [-0.2, 0) is 13.0 Å². The Morgan fingerprint density at radius 3 is 2.69 bits per heavy atom. The third-order valence-corrected chi connectivity index (χ3v) is 5.09. The molecular weight excluding hydrogens is 324 g/mol. The molecule has 0 spiro atoms. The zero-order valence-corrected chi connectivity index (χ0v) is 15.6. The van der Waals surface area contributed by atoms with Crippen LogP contribution in [0.15, 0.2) is 36.7 Å². The minimum Gasteiger partial charge on any atom is -0.354 e. The van der Waals surface area contributed by atoms with Crippen LogP contribution in [0.25, 0.3) is 5.65 Å². The molecule has 0 bridgehead atoms. The van der Waals surface area contributed by atoms with Gasteiger partial charge in [-0.25, -0.2) is 4.98 Å². The third kappa shape index (κ3) is 3.42. The van der Waals surface area contributed by atoms with Crippen molar-refractivity contribution in [2.45, 2.75) is 33.2 Å². The van der Waals surface area contributed by atoms with Crippen molar-refractivity contribution in [2.75, 3.05) is 31.1 Å². The maximum absolute atomic E-state index is 4.72. The summed E-state index contributed by atoms with van der Waals surface area (Å²) in [6.45, 7) is 9.32. The van der Waals surface area contributed by atoms with E-state index < -0.39 is 0 Å². The molecule has 3 aromatic rings. The fourth-order valence-electron chi connectivity index (χ4n) is 3.59. The number of fused-ring (bicyclic) bond motifs is 1. The van der Waals surface area contributed by atoms with Crippen molar-refractivity contribution in [3.8, 4) is 0 Å². The molecule has 0 saturated carbocycles. The number of aromatic nitrogens is 4. The molecular formula is C20H26N6. The van der Waals surface area contributed by atoms with Gasteiger partial charge < -0.3 is 4.90 Å². The summed E-state index contributed by atoms with van der Waals surface area (Å²) >= 11 is 0. The Kier molecular flexibility index (Phi) is 4.84. The van der Waals surface area contributed by atoms with Gasteiger partial charge in [-0.15, -0.1) is 0 Å². The molecule has 0 aliphatic carbocycles. The maximum Gasteiger partial charge on any atom is 0.157 e. The predicted molar refractivity (Wildman–Crippen MR) is 103 cm³/mol. The van der Waals surface area contributed by atoms with Gasteiger partial charge in [0.25, 0.3) is 0 Å². The predicted octanol–water partition coefficient (Wildman–Crippen LogP) is 2.71. The fourth-order valence-corrected chi connectivity index (χ4v) is 3.59. The molecule has 0 atom stereocenters. The Hall–Kier alpha value is -2.47. The first-order valence-electron chi connectivity index (χ1n) is 9.46. The lowest BCUT2D eigenvalue weighted by molar-refractivity contribution is 0.245. The van der Waals surface area contributed by atoms with Crippen molar-refractivity contribution in [1.82, 2.24) is 24.5 Å². The molecule has 4 heterocycles. The van der Waals surface area contributed by atoms with E-state index in [9.17, 15) is 0 Å². The number of anilines is 1. The second-order valence-corrected chi connectivity index (χ2v) is 6.99. The Labute approximate surface area is 154 Å². The standard InChI is InChI=1S/C20H26N6/c1-3-5-17-14-20(26-19(23-17)7-9-22-26)25-12-10-24(11-13-25)15-18-16(2)6-4-8-21-18/h4,6-9,14H,3,5,10-13,15H2,1-2H3. The van der Waals surface area contributed by atoms with Gasteiger partial charge in [-0.2, -0.15) is 9.61 Å². The van der Waals surface area contributed by atoms with Crippen molar-refractivity contribution in [3.05, 3.63) is 53.6 Å². The highest BCUT2D eigenvalue weighted by molar-refractivity contribution is 5.51. The minimum absolute atomic E-state index is 0.926. The van der Waals surface area contributed by atoms with E-state index >= 15 is 0 Å². The Morgan fingerprint density at radius 1 is 1.08 bits per heavy atom. The molecule has 26 heavy (non-hydrogen) atoms. The number of pyridine rings is 1. The Balaban J connectivity index is 1.49. The Bertz CT molecular complexity index is 879. The van der Waals surface area contributed by atoms with Gasteiger partial charge in [-0.1, -0.05) is 19.4 Å².